The van der Waals surface area contributed by atoms with Gasteiger partial charge in [-0.25, -0.2) is 8.78 Å². The Kier molecular flexibility index (Phi) is 8.92. The summed E-state index contributed by atoms with van der Waals surface area (Å²) in [6.07, 6.45) is 0.134. The zero-order chi connectivity index (χ0) is 23.1. The van der Waals surface area contributed by atoms with E-state index in [1.54, 1.807) is 6.07 Å². The number of β-amino-alcohol motifs (C(OH)–C–C–N with tert-alkyl or cyclic N) is 1. The monoisotopic (exact) mass is 488 g/mol. The van der Waals surface area contributed by atoms with Crippen LogP contribution in [0.5, 0.6) is 11.5 Å². The molecule has 2 N–H and O–H groups in total. The summed E-state index contributed by atoms with van der Waals surface area (Å²) in [6, 6.07) is 8.10. The van der Waals surface area contributed by atoms with Gasteiger partial charge in [0.05, 0.1) is 10.0 Å². The number of halogens is 4. The molecule has 1 heterocycles. The Morgan fingerprint density at radius 2 is 1.75 bits per heavy atom. The largest absolute Gasteiger partial charge is 0.491 e. The van der Waals surface area contributed by atoms with Crippen molar-refractivity contribution < 1.29 is 28.2 Å². The van der Waals surface area contributed by atoms with E-state index in [2.05, 4.69) is 10.2 Å². The number of nitrogens with one attached hydrogen (secondary N) is 1. The fraction of sp³-hybridized carbons (Fsp3) is 0.409. The Balaban J connectivity index is 1.32. The maximum atomic E-state index is 13.4. The molecule has 32 heavy (non-hydrogen) atoms. The van der Waals surface area contributed by atoms with E-state index in [-0.39, 0.29) is 40.8 Å². The molecule has 0 spiro atoms. The van der Waals surface area contributed by atoms with E-state index in [9.17, 15) is 18.7 Å². The molecule has 10 heteroatoms. The van der Waals surface area contributed by atoms with Gasteiger partial charge in [0, 0.05) is 31.8 Å². The highest BCUT2D eigenvalue weighted by Gasteiger charge is 2.24. The highest BCUT2D eigenvalue weighted by Crippen LogP contribution is 2.22. The van der Waals surface area contributed by atoms with E-state index in [4.69, 9.17) is 32.7 Å². The van der Waals surface area contributed by atoms with Crippen LogP contribution in [-0.2, 0) is 4.79 Å². The summed E-state index contributed by atoms with van der Waals surface area (Å²) >= 11 is 11.2. The van der Waals surface area contributed by atoms with E-state index in [0.29, 0.717) is 18.8 Å². The van der Waals surface area contributed by atoms with Gasteiger partial charge in [0.2, 0.25) is 0 Å². The fourth-order valence-electron chi connectivity index (χ4n) is 3.38. The third-order valence-electron chi connectivity index (χ3n) is 5.02. The van der Waals surface area contributed by atoms with E-state index in [0.717, 1.165) is 25.6 Å². The first-order chi connectivity index (χ1) is 15.3. The van der Waals surface area contributed by atoms with E-state index in [1.165, 1.54) is 24.3 Å². The van der Waals surface area contributed by atoms with E-state index >= 15 is 0 Å². The number of hydrogen-bond acceptors (Lipinski definition) is 5. The van der Waals surface area contributed by atoms with Crippen LogP contribution < -0.4 is 14.8 Å². The lowest BCUT2D eigenvalue weighted by atomic mass is 10.1. The molecular weight excluding hydrogens is 465 g/mol. The third-order valence-corrected chi connectivity index (χ3v) is 5.63. The molecule has 174 valence electrons. The minimum Gasteiger partial charge on any atom is -0.491 e. The number of aliphatic hydroxyl groups excluding tert-OH is 1. The molecule has 0 radical (unpaired) electrons. The Hall–Kier alpha value is -2.13. The smallest absolute Gasteiger partial charge is 0.257 e. The average Bonchev–Trinajstić information content (AvgIpc) is 3.21. The average molecular weight is 489 g/mol. The van der Waals surface area contributed by atoms with Crippen LogP contribution in [0.25, 0.3) is 0 Å². The summed E-state index contributed by atoms with van der Waals surface area (Å²) in [6.45, 7) is 2.19. The Morgan fingerprint density at radius 1 is 1.12 bits per heavy atom. The van der Waals surface area contributed by atoms with Crippen molar-refractivity contribution in [1.29, 1.82) is 0 Å². The SMILES string of the molecule is O=C(COc1ccc(Cl)c(F)c1)NCC1CCN(CC(O)COc2ccc(Cl)c(F)c2)C1. The number of rotatable bonds is 10. The van der Waals surface area contributed by atoms with Gasteiger partial charge in [-0.3, -0.25) is 4.79 Å². The van der Waals surface area contributed by atoms with Gasteiger partial charge in [-0.05, 0) is 43.1 Å². The molecule has 1 amide bonds. The Labute approximate surface area is 195 Å². The summed E-state index contributed by atoms with van der Waals surface area (Å²) < 4.78 is 37.5. The Bertz CT molecular complexity index is 935. The predicted octanol–water partition coefficient (Wildman–Crippen LogP) is 3.53. The number of likely N-dealkylation sites (tertiary alicyclic amines) is 1. The van der Waals surface area contributed by atoms with Crippen molar-refractivity contribution in [1.82, 2.24) is 10.2 Å². The van der Waals surface area contributed by atoms with Crippen LogP contribution in [0.1, 0.15) is 6.42 Å². The van der Waals surface area contributed by atoms with Crippen molar-refractivity contribution in [2.45, 2.75) is 12.5 Å². The molecule has 3 rings (SSSR count). The first kappa shape index (κ1) is 24.5. The van der Waals surface area contributed by atoms with Crippen LogP contribution in [0.4, 0.5) is 8.78 Å². The first-order valence-corrected chi connectivity index (χ1v) is 10.9. The van der Waals surface area contributed by atoms with Crippen LogP contribution in [0.15, 0.2) is 36.4 Å². The molecule has 2 unspecified atom stereocenters. The van der Waals surface area contributed by atoms with Gasteiger partial charge < -0.3 is 24.8 Å². The number of carbonyl (C=O) groups excluding carboxylic acids is 1. The lowest BCUT2D eigenvalue weighted by Gasteiger charge is -2.20. The van der Waals surface area contributed by atoms with Gasteiger partial charge in [-0.1, -0.05) is 23.2 Å². The quantitative estimate of drug-likeness (QED) is 0.535. The van der Waals surface area contributed by atoms with Crippen molar-refractivity contribution in [2.75, 3.05) is 39.4 Å². The number of ether oxygens (including phenoxy) is 2. The second-order valence-corrected chi connectivity index (χ2v) is 8.44. The zero-order valence-electron chi connectivity index (χ0n) is 17.2. The summed E-state index contributed by atoms with van der Waals surface area (Å²) in [5.74, 6) is -0.714. The van der Waals surface area contributed by atoms with Crippen molar-refractivity contribution >= 4 is 29.1 Å². The minimum atomic E-state index is -0.741. The van der Waals surface area contributed by atoms with Crippen molar-refractivity contribution in [3.63, 3.8) is 0 Å². The number of aliphatic hydroxyl groups is 1. The predicted molar refractivity (Wildman–Crippen MR) is 117 cm³/mol. The number of amides is 1. The van der Waals surface area contributed by atoms with Crippen LogP contribution in [-0.4, -0.2) is 61.4 Å². The lowest BCUT2D eigenvalue weighted by Crippen LogP contribution is -2.36. The van der Waals surface area contributed by atoms with Crippen molar-refractivity contribution in [3.05, 3.63) is 58.1 Å². The maximum Gasteiger partial charge on any atom is 0.257 e. The Morgan fingerprint density at radius 3 is 2.38 bits per heavy atom. The molecule has 1 saturated heterocycles. The van der Waals surface area contributed by atoms with Gasteiger partial charge in [0.15, 0.2) is 6.61 Å². The molecule has 0 aliphatic carbocycles. The zero-order valence-corrected chi connectivity index (χ0v) is 18.7. The summed E-state index contributed by atoms with van der Waals surface area (Å²) in [4.78, 5) is 14.1. The van der Waals surface area contributed by atoms with Crippen LogP contribution in [0.2, 0.25) is 10.0 Å². The molecule has 0 saturated carbocycles. The van der Waals surface area contributed by atoms with Gasteiger partial charge in [-0.2, -0.15) is 0 Å². The molecule has 1 aliphatic rings. The van der Waals surface area contributed by atoms with Gasteiger partial charge in [0.25, 0.3) is 5.91 Å². The second kappa shape index (κ2) is 11.7. The molecule has 1 aliphatic heterocycles. The number of hydrogen-bond donors (Lipinski definition) is 2. The molecular formula is C22H24Cl2F2N2O4. The molecule has 2 atom stereocenters. The van der Waals surface area contributed by atoms with Crippen LogP contribution >= 0.6 is 23.2 Å². The van der Waals surface area contributed by atoms with Crippen molar-refractivity contribution in [3.8, 4) is 11.5 Å². The van der Waals surface area contributed by atoms with Gasteiger partial charge >= 0.3 is 0 Å². The van der Waals surface area contributed by atoms with E-state index < -0.39 is 17.7 Å². The molecule has 2 aromatic carbocycles. The van der Waals surface area contributed by atoms with E-state index in [1.807, 2.05) is 0 Å². The lowest BCUT2D eigenvalue weighted by molar-refractivity contribution is -0.123. The van der Waals surface area contributed by atoms with Gasteiger partial charge in [0.1, 0.15) is 35.8 Å². The van der Waals surface area contributed by atoms with Crippen molar-refractivity contribution in [2.24, 2.45) is 5.92 Å². The minimum absolute atomic E-state index is 0.0110. The topological polar surface area (TPSA) is 71.0 Å². The van der Waals surface area contributed by atoms with Crippen LogP contribution in [0.3, 0.4) is 0 Å². The number of nitrogens with zero attached hydrogens (tertiary/aromatic N) is 1. The second-order valence-electron chi connectivity index (χ2n) is 7.62. The standard InChI is InChI=1S/C22H24Cl2F2N2O4/c23-18-3-1-16(7-20(18)25)31-12-15(29)11-28-6-5-14(10-28)9-27-22(30)13-32-17-2-4-19(24)21(26)8-17/h1-4,7-8,14-15,29H,5-6,9-13H2,(H,27,30). The van der Waals surface area contributed by atoms with Crippen LogP contribution in [0, 0.1) is 17.6 Å². The first-order valence-electron chi connectivity index (χ1n) is 10.1. The number of benzene rings is 2. The highest BCUT2D eigenvalue weighted by molar-refractivity contribution is 6.31. The summed E-state index contributed by atoms with van der Waals surface area (Å²) in [5.41, 5.74) is 0. The molecule has 1 fully saturated rings. The third kappa shape index (κ3) is 7.48. The number of carbonyl (C=O) groups is 1. The fourth-order valence-corrected chi connectivity index (χ4v) is 3.61. The summed E-state index contributed by atoms with van der Waals surface area (Å²) in [5, 5.41) is 13.0. The maximum absolute atomic E-state index is 13.4. The molecule has 2 aromatic rings. The normalized spacial score (nSPS) is 17.2. The highest BCUT2D eigenvalue weighted by atomic mass is 35.5. The molecule has 0 bridgehead atoms. The summed E-state index contributed by atoms with van der Waals surface area (Å²) in [7, 11) is 0. The van der Waals surface area contributed by atoms with Gasteiger partial charge in [-0.15, -0.1) is 0 Å². The molecule has 6 nitrogen and oxygen atoms in total. The molecule has 0 aromatic heterocycles.